The molecule has 0 radical (unpaired) electrons. The summed E-state index contributed by atoms with van der Waals surface area (Å²) in [7, 11) is 2.07. The second-order valence-electron chi connectivity index (χ2n) is 6.02. The van der Waals surface area contributed by atoms with Gasteiger partial charge in [-0.2, -0.15) is 0 Å². The number of hydrogen-bond donors (Lipinski definition) is 1. The molecule has 0 aliphatic heterocycles. The molecule has 1 heterocycles. The van der Waals surface area contributed by atoms with Crippen LogP contribution in [0.3, 0.4) is 0 Å². The monoisotopic (exact) mass is 268 g/mol. The zero-order valence-corrected chi connectivity index (χ0v) is 12.5. The van der Waals surface area contributed by atoms with Crippen molar-refractivity contribution in [2.45, 2.75) is 45.2 Å². The summed E-state index contributed by atoms with van der Waals surface area (Å²) < 4.78 is 2.10. The summed E-state index contributed by atoms with van der Waals surface area (Å²) >= 11 is 0. The number of nitrogens with one attached hydrogen (secondary N) is 1. The van der Waals surface area contributed by atoms with Crippen molar-refractivity contribution in [3.63, 3.8) is 0 Å². The lowest BCUT2D eigenvalue weighted by molar-refractivity contribution is 0.572. The molecule has 2 heteroatoms. The van der Waals surface area contributed by atoms with Gasteiger partial charge >= 0.3 is 0 Å². The third kappa shape index (κ3) is 2.96. The molecule has 1 N–H and O–H groups in total. The highest BCUT2D eigenvalue weighted by molar-refractivity contribution is 5.35. The molecule has 0 saturated carbocycles. The fourth-order valence-electron chi connectivity index (χ4n) is 3.08. The largest absolute Gasteiger partial charge is 0.357 e. The molecule has 106 valence electrons. The van der Waals surface area contributed by atoms with Crippen molar-refractivity contribution in [1.29, 1.82) is 0 Å². The van der Waals surface area contributed by atoms with E-state index in [1.165, 1.54) is 36.8 Å². The van der Waals surface area contributed by atoms with Crippen LogP contribution >= 0.6 is 0 Å². The van der Waals surface area contributed by atoms with E-state index in [0.717, 1.165) is 6.54 Å². The first-order chi connectivity index (χ1) is 9.72. The van der Waals surface area contributed by atoms with Crippen molar-refractivity contribution in [2.24, 2.45) is 7.05 Å². The lowest BCUT2D eigenvalue weighted by Crippen LogP contribution is -2.18. The van der Waals surface area contributed by atoms with Crippen molar-refractivity contribution in [1.82, 2.24) is 9.88 Å². The van der Waals surface area contributed by atoms with E-state index in [4.69, 9.17) is 0 Å². The summed E-state index contributed by atoms with van der Waals surface area (Å²) in [5.74, 6) is 0. The Morgan fingerprint density at radius 3 is 2.70 bits per heavy atom. The van der Waals surface area contributed by atoms with Gasteiger partial charge in [0.2, 0.25) is 0 Å². The molecule has 2 nitrogen and oxygen atoms in total. The van der Waals surface area contributed by atoms with Gasteiger partial charge in [-0.15, -0.1) is 0 Å². The minimum atomic E-state index is 0.405. The molecule has 1 aromatic carbocycles. The molecular formula is C18H24N2. The number of nitrogens with zero attached hydrogens (tertiary/aromatic N) is 1. The number of benzene rings is 1. The van der Waals surface area contributed by atoms with Crippen molar-refractivity contribution in [2.75, 3.05) is 0 Å². The van der Waals surface area contributed by atoms with Gasteiger partial charge in [0.15, 0.2) is 0 Å². The van der Waals surface area contributed by atoms with Crippen LogP contribution in [-0.4, -0.2) is 4.57 Å². The van der Waals surface area contributed by atoms with Gasteiger partial charge in [-0.25, -0.2) is 0 Å². The number of rotatable bonds is 4. The van der Waals surface area contributed by atoms with Crippen LogP contribution in [0.4, 0.5) is 0 Å². The lowest BCUT2D eigenvalue weighted by atomic mass is 9.89. The van der Waals surface area contributed by atoms with Crippen LogP contribution in [-0.2, 0) is 26.4 Å². The molecule has 0 amide bonds. The molecule has 0 saturated heterocycles. The number of aromatic nitrogens is 1. The Morgan fingerprint density at radius 1 is 1.15 bits per heavy atom. The summed E-state index contributed by atoms with van der Waals surface area (Å²) in [6.45, 7) is 3.19. The molecule has 0 bridgehead atoms. The van der Waals surface area contributed by atoms with Gasteiger partial charge in [0.1, 0.15) is 0 Å². The third-order valence-electron chi connectivity index (χ3n) is 4.38. The van der Waals surface area contributed by atoms with Gasteiger partial charge in [-0.05, 0) is 60.9 Å². The molecular weight excluding hydrogens is 244 g/mol. The zero-order chi connectivity index (χ0) is 13.9. The first-order valence-corrected chi connectivity index (χ1v) is 7.68. The van der Waals surface area contributed by atoms with Crippen LogP contribution < -0.4 is 5.32 Å². The summed E-state index contributed by atoms with van der Waals surface area (Å²) in [6, 6.07) is 9.63. The molecule has 0 fully saturated rings. The van der Waals surface area contributed by atoms with E-state index in [2.05, 4.69) is 60.5 Å². The molecule has 3 rings (SSSR count). The summed E-state index contributed by atoms with van der Waals surface area (Å²) in [5, 5.41) is 3.62. The van der Waals surface area contributed by atoms with E-state index in [0.29, 0.717) is 6.04 Å². The molecule has 0 spiro atoms. The zero-order valence-electron chi connectivity index (χ0n) is 12.5. The summed E-state index contributed by atoms with van der Waals surface area (Å²) in [6.07, 6.45) is 9.50. The first kappa shape index (κ1) is 13.4. The average Bonchev–Trinajstić information content (AvgIpc) is 2.90. The minimum Gasteiger partial charge on any atom is -0.357 e. The number of aryl methyl sites for hydroxylation is 3. The Morgan fingerprint density at radius 2 is 1.95 bits per heavy atom. The molecule has 1 unspecified atom stereocenters. The van der Waals surface area contributed by atoms with Crippen molar-refractivity contribution in [3.05, 3.63) is 58.9 Å². The van der Waals surface area contributed by atoms with E-state index in [9.17, 15) is 0 Å². The van der Waals surface area contributed by atoms with Crippen molar-refractivity contribution in [3.8, 4) is 0 Å². The minimum absolute atomic E-state index is 0.405. The lowest BCUT2D eigenvalue weighted by Gasteiger charge is -2.20. The van der Waals surface area contributed by atoms with Gasteiger partial charge < -0.3 is 9.88 Å². The molecule has 20 heavy (non-hydrogen) atoms. The molecule has 1 aromatic heterocycles. The third-order valence-corrected chi connectivity index (χ3v) is 4.38. The molecule has 1 aliphatic carbocycles. The van der Waals surface area contributed by atoms with Gasteiger partial charge in [0, 0.05) is 32.0 Å². The fraction of sp³-hybridized carbons (Fsp3) is 0.444. The highest BCUT2D eigenvalue weighted by Gasteiger charge is 2.12. The van der Waals surface area contributed by atoms with Crippen LogP contribution in [0.25, 0.3) is 0 Å². The smallest absolute Gasteiger partial charge is 0.0295 e. The fourth-order valence-corrected chi connectivity index (χ4v) is 3.08. The van der Waals surface area contributed by atoms with Crippen LogP contribution in [0, 0.1) is 0 Å². The normalized spacial score (nSPS) is 15.9. The first-order valence-electron chi connectivity index (χ1n) is 7.68. The van der Waals surface area contributed by atoms with E-state index < -0.39 is 0 Å². The quantitative estimate of drug-likeness (QED) is 0.893. The Balaban J connectivity index is 1.66. The summed E-state index contributed by atoms with van der Waals surface area (Å²) in [5.41, 5.74) is 5.90. The SMILES string of the molecule is CC(NCc1ccn(C)c1)c1ccc2c(c1)CCCC2. The number of hydrogen-bond acceptors (Lipinski definition) is 1. The predicted molar refractivity (Wildman–Crippen MR) is 83.8 cm³/mol. The van der Waals surface area contributed by atoms with E-state index in [-0.39, 0.29) is 0 Å². The maximum Gasteiger partial charge on any atom is 0.0295 e. The Kier molecular flexibility index (Phi) is 3.93. The second-order valence-corrected chi connectivity index (χ2v) is 6.02. The Bertz CT molecular complexity index is 583. The van der Waals surface area contributed by atoms with E-state index in [1.54, 1.807) is 11.1 Å². The van der Waals surface area contributed by atoms with Crippen molar-refractivity contribution < 1.29 is 0 Å². The predicted octanol–water partition coefficient (Wildman–Crippen LogP) is 3.75. The maximum atomic E-state index is 3.62. The number of fused-ring (bicyclic) bond motifs is 1. The highest BCUT2D eigenvalue weighted by atomic mass is 14.9. The average molecular weight is 268 g/mol. The van der Waals surface area contributed by atoms with Gasteiger partial charge in [0.25, 0.3) is 0 Å². The topological polar surface area (TPSA) is 17.0 Å². The van der Waals surface area contributed by atoms with Crippen LogP contribution in [0.2, 0.25) is 0 Å². The van der Waals surface area contributed by atoms with E-state index >= 15 is 0 Å². The van der Waals surface area contributed by atoms with Gasteiger partial charge in [-0.1, -0.05) is 18.2 Å². The van der Waals surface area contributed by atoms with Crippen LogP contribution in [0.15, 0.2) is 36.7 Å². The summed E-state index contributed by atoms with van der Waals surface area (Å²) in [4.78, 5) is 0. The van der Waals surface area contributed by atoms with Crippen molar-refractivity contribution >= 4 is 0 Å². The molecule has 1 aliphatic rings. The highest BCUT2D eigenvalue weighted by Crippen LogP contribution is 2.24. The van der Waals surface area contributed by atoms with Crippen LogP contribution in [0.1, 0.15) is 48.1 Å². The van der Waals surface area contributed by atoms with Gasteiger partial charge in [-0.3, -0.25) is 0 Å². The van der Waals surface area contributed by atoms with Gasteiger partial charge in [0.05, 0.1) is 0 Å². The van der Waals surface area contributed by atoms with E-state index in [1.807, 2.05) is 0 Å². The standard InChI is InChI=1S/C18H24N2/c1-14(19-12-15-9-10-20(2)13-15)17-8-7-16-5-3-4-6-18(16)11-17/h7-11,13-14,19H,3-6,12H2,1-2H3. The second kappa shape index (κ2) is 5.84. The Hall–Kier alpha value is -1.54. The molecule has 2 aromatic rings. The maximum absolute atomic E-state index is 3.62. The molecule has 1 atom stereocenters. The Labute approximate surface area is 121 Å². The van der Waals surface area contributed by atoms with Crippen LogP contribution in [0.5, 0.6) is 0 Å².